The highest BCUT2D eigenvalue weighted by Gasteiger charge is 2.24. The number of carbonyl (C=O) groups excluding carboxylic acids is 1. The molecule has 166 valence electrons. The zero-order valence-electron chi connectivity index (χ0n) is 18.9. The second-order valence-corrected chi connectivity index (χ2v) is 9.60. The van der Waals surface area contributed by atoms with E-state index in [2.05, 4.69) is 10.0 Å². The number of likely N-dealkylation sites (N-methyl/N-ethyl adjacent to an activating group) is 1. The maximum atomic E-state index is 12.9. The topological polar surface area (TPSA) is 91.6 Å². The van der Waals surface area contributed by atoms with Gasteiger partial charge in [-0.25, -0.2) is 13.1 Å². The summed E-state index contributed by atoms with van der Waals surface area (Å²) in [6.45, 7) is 9.93. The minimum atomic E-state index is -3.71. The molecule has 0 aliphatic rings. The fraction of sp³-hybridized carbons (Fsp3) is 0.500. The molecule has 2 N–H and O–H groups in total. The van der Waals surface area contributed by atoms with E-state index >= 15 is 0 Å². The third kappa shape index (κ3) is 5.30. The van der Waals surface area contributed by atoms with Crippen LogP contribution in [0.4, 0.5) is 0 Å². The maximum absolute atomic E-state index is 12.9. The Bertz CT molecular complexity index is 967. The Labute approximate surface area is 179 Å². The number of hydrogen-bond donors (Lipinski definition) is 2. The standard InChI is InChI=1S/C22H33N3O4S/c1-14-15(2)17(4)22(18(5)16(14)3)30(27,28)24-11-10-21(26)23-13-19(25(6)7)20-9-8-12-29-20/h8-9,12,19,24H,10-11,13H2,1-7H3,(H,23,26). The molecule has 1 unspecified atom stereocenters. The molecular weight excluding hydrogens is 402 g/mol. The highest BCUT2D eigenvalue weighted by Crippen LogP contribution is 2.29. The molecule has 8 heteroatoms. The molecule has 0 saturated carbocycles. The van der Waals surface area contributed by atoms with Gasteiger partial charge in [0, 0.05) is 19.5 Å². The van der Waals surface area contributed by atoms with Gasteiger partial charge in [0.1, 0.15) is 5.76 Å². The third-order valence-corrected chi connectivity index (χ3v) is 7.57. The Balaban J connectivity index is 1.99. The van der Waals surface area contributed by atoms with E-state index in [0.717, 1.165) is 33.6 Å². The third-order valence-electron chi connectivity index (χ3n) is 5.83. The molecule has 1 atom stereocenters. The Kier molecular flexibility index (Phi) is 7.85. The fourth-order valence-electron chi connectivity index (χ4n) is 3.56. The minimum absolute atomic E-state index is 0.0341. The first-order chi connectivity index (χ1) is 14.0. The van der Waals surface area contributed by atoms with Gasteiger partial charge in [-0.1, -0.05) is 0 Å². The summed E-state index contributed by atoms with van der Waals surface area (Å²) >= 11 is 0. The summed E-state index contributed by atoms with van der Waals surface area (Å²) in [5, 5.41) is 2.85. The van der Waals surface area contributed by atoms with Gasteiger partial charge >= 0.3 is 0 Å². The number of hydrogen-bond acceptors (Lipinski definition) is 5. The average molecular weight is 436 g/mol. The predicted octanol–water partition coefficient (Wildman–Crippen LogP) is 2.91. The van der Waals surface area contributed by atoms with E-state index in [1.165, 1.54) is 0 Å². The molecule has 1 heterocycles. The first-order valence-electron chi connectivity index (χ1n) is 10.0. The number of nitrogens with zero attached hydrogens (tertiary/aromatic N) is 1. The van der Waals surface area contributed by atoms with Crippen molar-refractivity contribution in [3.63, 3.8) is 0 Å². The summed E-state index contributed by atoms with van der Waals surface area (Å²) in [5.74, 6) is 0.540. The Morgan fingerprint density at radius 2 is 1.60 bits per heavy atom. The Morgan fingerprint density at radius 1 is 1.03 bits per heavy atom. The zero-order valence-corrected chi connectivity index (χ0v) is 19.7. The lowest BCUT2D eigenvalue weighted by Crippen LogP contribution is -2.36. The molecule has 0 fully saturated rings. The van der Waals surface area contributed by atoms with Crippen LogP contribution in [0.1, 0.15) is 46.0 Å². The molecule has 0 spiro atoms. The van der Waals surface area contributed by atoms with E-state index in [0.29, 0.717) is 11.4 Å². The Hall–Kier alpha value is -2.16. The number of furan rings is 1. The first-order valence-corrected chi connectivity index (χ1v) is 11.5. The van der Waals surface area contributed by atoms with Crippen LogP contribution < -0.4 is 10.0 Å². The summed E-state index contributed by atoms with van der Waals surface area (Å²) < 4.78 is 33.9. The normalized spacial score (nSPS) is 12.9. The summed E-state index contributed by atoms with van der Waals surface area (Å²) in [6.07, 6.45) is 1.65. The van der Waals surface area contributed by atoms with Gasteiger partial charge in [-0.2, -0.15) is 0 Å². The fourth-order valence-corrected chi connectivity index (χ4v) is 5.18. The molecule has 2 aromatic rings. The first kappa shape index (κ1) is 24.1. The van der Waals surface area contributed by atoms with Crippen molar-refractivity contribution >= 4 is 15.9 Å². The molecule has 0 radical (unpaired) electrons. The molecule has 0 saturated heterocycles. The lowest BCUT2D eigenvalue weighted by Gasteiger charge is -2.22. The van der Waals surface area contributed by atoms with Gasteiger partial charge in [0.25, 0.3) is 0 Å². The van der Waals surface area contributed by atoms with Crippen molar-refractivity contribution in [2.45, 2.75) is 52.0 Å². The number of rotatable bonds is 9. The molecule has 0 aliphatic heterocycles. The Morgan fingerprint density at radius 3 is 2.10 bits per heavy atom. The average Bonchev–Trinajstić information content (AvgIpc) is 3.18. The summed E-state index contributed by atoms with van der Waals surface area (Å²) in [6, 6.07) is 3.58. The van der Waals surface area contributed by atoms with Crippen molar-refractivity contribution in [2.75, 3.05) is 27.2 Å². The van der Waals surface area contributed by atoms with E-state index in [4.69, 9.17) is 4.42 Å². The monoisotopic (exact) mass is 435 g/mol. The van der Waals surface area contributed by atoms with Gasteiger partial charge < -0.3 is 9.73 Å². The van der Waals surface area contributed by atoms with Crippen molar-refractivity contribution in [3.8, 4) is 0 Å². The van der Waals surface area contributed by atoms with E-state index in [1.54, 1.807) is 12.3 Å². The second-order valence-electron chi connectivity index (χ2n) is 7.90. The second kappa shape index (κ2) is 9.76. The van der Waals surface area contributed by atoms with Crippen LogP contribution in [0.3, 0.4) is 0 Å². The highest BCUT2D eigenvalue weighted by atomic mass is 32.2. The number of carbonyl (C=O) groups is 1. The van der Waals surface area contributed by atoms with Crippen LogP contribution in [0.25, 0.3) is 0 Å². The van der Waals surface area contributed by atoms with Gasteiger partial charge in [-0.05, 0) is 88.7 Å². The van der Waals surface area contributed by atoms with Crippen molar-refractivity contribution in [3.05, 3.63) is 52.0 Å². The number of sulfonamides is 1. The molecule has 30 heavy (non-hydrogen) atoms. The molecular formula is C22H33N3O4S. The van der Waals surface area contributed by atoms with Gasteiger partial charge in [0.2, 0.25) is 15.9 Å². The molecule has 1 amide bonds. The number of nitrogens with one attached hydrogen (secondary N) is 2. The van der Waals surface area contributed by atoms with Crippen LogP contribution in [0, 0.1) is 34.6 Å². The molecule has 2 rings (SSSR count). The maximum Gasteiger partial charge on any atom is 0.241 e. The van der Waals surface area contributed by atoms with Crippen LogP contribution in [0.2, 0.25) is 0 Å². The van der Waals surface area contributed by atoms with E-state index in [1.807, 2.05) is 59.7 Å². The van der Waals surface area contributed by atoms with E-state index in [9.17, 15) is 13.2 Å². The van der Waals surface area contributed by atoms with Crippen LogP contribution in [-0.2, 0) is 14.8 Å². The summed E-state index contributed by atoms with van der Waals surface area (Å²) in [7, 11) is 0.100. The minimum Gasteiger partial charge on any atom is -0.468 e. The van der Waals surface area contributed by atoms with Crippen LogP contribution >= 0.6 is 0 Å². The van der Waals surface area contributed by atoms with Crippen molar-refractivity contribution < 1.29 is 17.6 Å². The lowest BCUT2D eigenvalue weighted by molar-refractivity contribution is -0.121. The van der Waals surface area contributed by atoms with Crippen LogP contribution in [0.5, 0.6) is 0 Å². The zero-order chi connectivity index (χ0) is 22.6. The molecule has 1 aromatic carbocycles. The number of amides is 1. The van der Waals surface area contributed by atoms with Crippen molar-refractivity contribution in [1.29, 1.82) is 0 Å². The predicted molar refractivity (Wildman–Crippen MR) is 118 cm³/mol. The van der Waals surface area contributed by atoms with Gasteiger partial charge in [-0.3, -0.25) is 9.69 Å². The van der Waals surface area contributed by atoms with Gasteiger partial charge in [0.05, 0.1) is 17.2 Å². The van der Waals surface area contributed by atoms with E-state index in [-0.39, 0.29) is 24.9 Å². The van der Waals surface area contributed by atoms with Crippen LogP contribution in [0.15, 0.2) is 27.7 Å². The molecule has 0 aliphatic carbocycles. The van der Waals surface area contributed by atoms with Crippen molar-refractivity contribution in [1.82, 2.24) is 14.9 Å². The summed E-state index contributed by atoms with van der Waals surface area (Å²) in [4.78, 5) is 14.5. The lowest BCUT2D eigenvalue weighted by atomic mass is 9.95. The van der Waals surface area contributed by atoms with E-state index < -0.39 is 10.0 Å². The van der Waals surface area contributed by atoms with Crippen LogP contribution in [-0.4, -0.2) is 46.4 Å². The largest absolute Gasteiger partial charge is 0.468 e. The molecule has 7 nitrogen and oxygen atoms in total. The van der Waals surface area contributed by atoms with Crippen molar-refractivity contribution in [2.24, 2.45) is 0 Å². The number of benzene rings is 1. The quantitative estimate of drug-likeness (QED) is 0.632. The van der Waals surface area contributed by atoms with Gasteiger partial charge in [0.15, 0.2) is 0 Å². The van der Waals surface area contributed by atoms with Gasteiger partial charge in [-0.15, -0.1) is 0 Å². The molecule has 1 aromatic heterocycles. The smallest absolute Gasteiger partial charge is 0.241 e. The highest BCUT2D eigenvalue weighted by molar-refractivity contribution is 7.89. The summed E-state index contributed by atoms with van der Waals surface area (Å²) in [5.41, 5.74) is 4.56. The SMILES string of the molecule is Cc1c(C)c(C)c(S(=O)(=O)NCCC(=O)NCC(c2ccco2)N(C)C)c(C)c1C. The molecule has 0 bridgehead atoms.